The predicted octanol–water partition coefficient (Wildman–Crippen LogP) is 1.94. The van der Waals surface area contributed by atoms with Crippen LogP contribution in [0.4, 0.5) is 0 Å². The largest absolute Gasteiger partial charge is 0.300 e. The SMILES string of the molecule is O=C1CCCN(C2CCCSC2)CC1. The molecule has 2 aliphatic heterocycles. The van der Waals surface area contributed by atoms with Crippen LogP contribution in [0, 0.1) is 0 Å². The van der Waals surface area contributed by atoms with E-state index in [2.05, 4.69) is 16.7 Å². The van der Waals surface area contributed by atoms with Gasteiger partial charge in [-0.2, -0.15) is 11.8 Å². The van der Waals surface area contributed by atoms with Gasteiger partial charge in [0.15, 0.2) is 0 Å². The predicted molar refractivity (Wildman–Crippen MR) is 60.8 cm³/mol. The molecule has 2 fully saturated rings. The maximum absolute atomic E-state index is 11.3. The molecule has 3 heteroatoms. The van der Waals surface area contributed by atoms with Crippen LogP contribution in [0.3, 0.4) is 0 Å². The highest BCUT2D eigenvalue weighted by Gasteiger charge is 2.23. The van der Waals surface area contributed by atoms with Gasteiger partial charge in [-0.05, 0) is 31.6 Å². The van der Waals surface area contributed by atoms with Gasteiger partial charge in [-0.25, -0.2) is 0 Å². The molecule has 0 spiro atoms. The maximum Gasteiger partial charge on any atom is 0.134 e. The van der Waals surface area contributed by atoms with E-state index in [0.717, 1.165) is 38.4 Å². The Hall–Kier alpha value is -0.0200. The molecule has 2 rings (SSSR count). The van der Waals surface area contributed by atoms with Crippen molar-refractivity contribution in [2.75, 3.05) is 24.6 Å². The quantitative estimate of drug-likeness (QED) is 0.664. The summed E-state index contributed by atoms with van der Waals surface area (Å²) >= 11 is 2.08. The Bertz CT molecular complexity index is 201. The van der Waals surface area contributed by atoms with Gasteiger partial charge in [0.1, 0.15) is 5.78 Å². The molecule has 0 radical (unpaired) electrons. The Balaban J connectivity index is 1.86. The van der Waals surface area contributed by atoms with Crippen LogP contribution in [0.25, 0.3) is 0 Å². The van der Waals surface area contributed by atoms with Crippen molar-refractivity contribution in [3.63, 3.8) is 0 Å². The fourth-order valence-corrected chi connectivity index (χ4v) is 3.55. The third-order valence-electron chi connectivity index (χ3n) is 3.23. The van der Waals surface area contributed by atoms with E-state index in [1.807, 2.05) is 0 Å². The molecule has 80 valence electrons. The number of rotatable bonds is 1. The molecule has 0 aliphatic carbocycles. The van der Waals surface area contributed by atoms with Crippen molar-refractivity contribution < 1.29 is 4.79 Å². The summed E-state index contributed by atoms with van der Waals surface area (Å²) in [6.45, 7) is 2.17. The average molecular weight is 213 g/mol. The average Bonchev–Trinajstić information content (AvgIpc) is 2.44. The van der Waals surface area contributed by atoms with E-state index < -0.39 is 0 Å². The summed E-state index contributed by atoms with van der Waals surface area (Å²) in [5.74, 6) is 3.09. The first-order chi connectivity index (χ1) is 6.86. The topological polar surface area (TPSA) is 20.3 Å². The van der Waals surface area contributed by atoms with Gasteiger partial charge in [0.2, 0.25) is 0 Å². The fraction of sp³-hybridized carbons (Fsp3) is 0.909. The highest BCUT2D eigenvalue weighted by Crippen LogP contribution is 2.23. The summed E-state index contributed by atoms with van der Waals surface area (Å²) in [5.41, 5.74) is 0. The lowest BCUT2D eigenvalue weighted by molar-refractivity contribution is -0.118. The molecular formula is C11H19NOS. The molecule has 1 unspecified atom stereocenters. The third-order valence-corrected chi connectivity index (χ3v) is 4.43. The van der Waals surface area contributed by atoms with Crippen LogP contribution in [0.5, 0.6) is 0 Å². The zero-order valence-electron chi connectivity index (χ0n) is 8.71. The Morgan fingerprint density at radius 1 is 1.21 bits per heavy atom. The third kappa shape index (κ3) is 2.74. The monoisotopic (exact) mass is 213 g/mol. The summed E-state index contributed by atoms with van der Waals surface area (Å²) < 4.78 is 0. The molecule has 0 saturated carbocycles. The number of thioether (sulfide) groups is 1. The summed E-state index contributed by atoms with van der Waals surface area (Å²) in [5, 5.41) is 0. The molecule has 0 amide bonds. The first kappa shape index (κ1) is 10.5. The van der Waals surface area contributed by atoms with Gasteiger partial charge >= 0.3 is 0 Å². The van der Waals surface area contributed by atoms with Gasteiger partial charge in [-0.3, -0.25) is 9.69 Å². The first-order valence-corrected chi connectivity index (χ1v) is 6.85. The van der Waals surface area contributed by atoms with Crippen molar-refractivity contribution in [2.24, 2.45) is 0 Å². The van der Waals surface area contributed by atoms with Crippen molar-refractivity contribution in [1.29, 1.82) is 0 Å². The second-order valence-corrected chi connectivity index (χ2v) is 5.45. The van der Waals surface area contributed by atoms with Crippen LogP contribution in [-0.4, -0.2) is 41.3 Å². The van der Waals surface area contributed by atoms with E-state index in [9.17, 15) is 4.79 Å². The number of hydrogen-bond donors (Lipinski definition) is 0. The molecule has 14 heavy (non-hydrogen) atoms. The minimum absolute atomic E-state index is 0.468. The molecule has 2 nitrogen and oxygen atoms in total. The fourth-order valence-electron chi connectivity index (χ4n) is 2.36. The van der Waals surface area contributed by atoms with Crippen LogP contribution in [-0.2, 0) is 4.79 Å². The number of likely N-dealkylation sites (tertiary alicyclic amines) is 1. The Labute approximate surface area is 90.4 Å². The molecule has 0 aromatic rings. The molecule has 0 aromatic carbocycles. The number of carbonyl (C=O) groups is 1. The first-order valence-electron chi connectivity index (χ1n) is 5.70. The van der Waals surface area contributed by atoms with Crippen LogP contribution >= 0.6 is 11.8 Å². The van der Waals surface area contributed by atoms with E-state index in [1.165, 1.54) is 24.3 Å². The summed E-state index contributed by atoms with van der Waals surface area (Å²) in [7, 11) is 0. The summed E-state index contributed by atoms with van der Waals surface area (Å²) in [6.07, 6.45) is 5.40. The lowest BCUT2D eigenvalue weighted by Crippen LogP contribution is -2.39. The van der Waals surface area contributed by atoms with E-state index in [0.29, 0.717) is 5.78 Å². The standard InChI is InChI=1S/C11H19NOS/c13-11-4-1-6-12(7-5-11)10-3-2-8-14-9-10/h10H,1-9H2. The number of carbonyl (C=O) groups excluding carboxylic acids is 1. The number of hydrogen-bond acceptors (Lipinski definition) is 3. The van der Waals surface area contributed by atoms with E-state index in [4.69, 9.17) is 0 Å². The van der Waals surface area contributed by atoms with Crippen LogP contribution < -0.4 is 0 Å². The van der Waals surface area contributed by atoms with Crippen LogP contribution in [0.1, 0.15) is 32.1 Å². The molecule has 1 atom stereocenters. The van der Waals surface area contributed by atoms with Gasteiger partial charge < -0.3 is 0 Å². The van der Waals surface area contributed by atoms with Gasteiger partial charge in [0, 0.05) is 31.2 Å². The Kier molecular flexibility index (Phi) is 3.88. The van der Waals surface area contributed by atoms with Crippen molar-refractivity contribution >= 4 is 17.5 Å². The number of Topliss-reactive ketones (excluding diaryl/α,β-unsaturated/α-hetero) is 1. The molecule has 2 heterocycles. The molecule has 0 aromatic heterocycles. The normalized spacial score (nSPS) is 31.4. The Morgan fingerprint density at radius 2 is 2.14 bits per heavy atom. The number of nitrogens with zero attached hydrogens (tertiary/aromatic N) is 1. The van der Waals surface area contributed by atoms with Gasteiger partial charge in [-0.1, -0.05) is 0 Å². The smallest absolute Gasteiger partial charge is 0.134 e. The second-order valence-electron chi connectivity index (χ2n) is 4.30. The van der Waals surface area contributed by atoms with E-state index >= 15 is 0 Å². The van der Waals surface area contributed by atoms with Gasteiger partial charge in [-0.15, -0.1) is 0 Å². The maximum atomic E-state index is 11.3. The minimum Gasteiger partial charge on any atom is -0.300 e. The zero-order valence-corrected chi connectivity index (χ0v) is 9.52. The van der Waals surface area contributed by atoms with Crippen molar-refractivity contribution in [3.05, 3.63) is 0 Å². The van der Waals surface area contributed by atoms with Gasteiger partial charge in [0.05, 0.1) is 0 Å². The lowest BCUT2D eigenvalue weighted by Gasteiger charge is -2.32. The highest BCUT2D eigenvalue weighted by molar-refractivity contribution is 7.99. The molecule has 2 aliphatic rings. The molecule has 0 bridgehead atoms. The molecular weight excluding hydrogens is 194 g/mol. The molecule has 0 N–H and O–H groups in total. The van der Waals surface area contributed by atoms with Crippen LogP contribution in [0.15, 0.2) is 0 Å². The van der Waals surface area contributed by atoms with E-state index in [1.54, 1.807) is 0 Å². The summed E-state index contributed by atoms with van der Waals surface area (Å²) in [4.78, 5) is 13.8. The van der Waals surface area contributed by atoms with E-state index in [-0.39, 0.29) is 0 Å². The lowest BCUT2D eigenvalue weighted by atomic mass is 10.1. The van der Waals surface area contributed by atoms with Crippen molar-refractivity contribution in [3.8, 4) is 0 Å². The minimum atomic E-state index is 0.468. The van der Waals surface area contributed by atoms with Crippen molar-refractivity contribution in [1.82, 2.24) is 4.90 Å². The summed E-state index contributed by atoms with van der Waals surface area (Å²) in [6, 6.07) is 0.764. The second kappa shape index (κ2) is 5.17. The zero-order chi connectivity index (χ0) is 9.80. The van der Waals surface area contributed by atoms with Gasteiger partial charge in [0.25, 0.3) is 0 Å². The van der Waals surface area contributed by atoms with Crippen LogP contribution in [0.2, 0.25) is 0 Å². The van der Waals surface area contributed by atoms with Crippen molar-refractivity contribution in [2.45, 2.75) is 38.1 Å². The highest BCUT2D eigenvalue weighted by atomic mass is 32.2. The number of ketones is 1. The molecule has 2 saturated heterocycles. The Morgan fingerprint density at radius 3 is 2.93 bits per heavy atom.